The maximum atomic E-state index is 12.7. The van der Waals surface area contributed by atoms with Gasteiger partial charge in [-0.3, -0.25) is 9.59 Å². The van der Waals surface area contributed by atoms with Crippen molar-refractivity contribution in [2.24, 2.45) is 0 Å². The Morgan fingerprint density at radius 1 is 1.21 bits per heavy atom. The van der Waals surface area contributed by atoms with Crippen LogP contribution in [-0.2, 0) is 14.3 Å². The molecule has 6 nitrogen and oxygen atoms in total. The number of ketones is 1. The van der Waals surface area contributed by atoms with Gasteiger partial charge < -0.3 is 14.1 Å². The van der Waals surface area contributed by atoms with Gasteiger partial charge in [0.1, 0.15) is 17.2 Å². The lowest BCUT2D eigenvalue weighted by Gasteiger charge is -2.26. The number of hydrogen-bond acceptors (Lipinski definition) is 6. The smallest absolute Gasteiger partial charge is 0.330 e. The predicted octanol–water partition coefficient (Wildman–Crippen LogP) is 3.67. The molecule has 0 N–H and O–H groups in total. The van der Waals surface area contributed by atoms with E-state index in [1.54, 1.807) is 31.2 Å². The third-order valence-electron chi connectivity index (χ3n) is 4.88. The quantitative estimate of drug-likeness (QED) is 0.562. The largest absolute Gasteiger partial charge is 0.466 e. The molecule has 2 aromatic rings. The van der Waals surface area contributed by atoms with Crippen molar-refractivity contribution >= 4 is 29.4 Å². The highest BCUT2D eigenvalue weighted by molar-refractivity contribution is 7.99. The van der Waals surface area contributed by atoms with E-state index in [0.717, 1.165) is 11.1 Å². The Morgan fingerprint density at radius 2 is 1.96 bits per heavy atom. The summed E-state index contributed by atoms with van der Waals surface area (Å²) < 4.78 is 10.8. The van der Waals surface area contributed by atoms with E-state index >= 15 is 0 Å². The number of thioether (sulfide) groups is 1. The number of rotatable bonds is 5. The molecule has 0 aliphatic carbocycles. The van der Waals surface area contributed by atoms with E-state index in [9.17, 15) is 14.4 Å². The van der Waals surface area contributed by atoms with Crippen molar-refractivity contribution in [3.05, 3.63) is 59.0 Å². The fourth-order valence-corrected chi connectivity index (χ4v) is 4.57. The lowest BCUT2D eigenvalue weighted by molar-refractivity contribution is -0.155. The zero-order chi connectivity index (χ0) is 20.4. The Labute approximate surface area is 168 Å². The van der Waals surface area contributed by atoms with Crippen LogP contribution in [0.15, 0.2) is 41.0 Å². The third kappa shape index (κ3) is 3.99. The van der Waals surface area contributed by atoms with Gasteiger partial charge in [0.05, 0.1) is 6.26 Å². The number of nitrogens with zero attached hydrogens (tertiary/aromatic N) is 1. The SMILES string of the molecule is CC(=O)N1[C@@H](c2ccco2)SC[C@H]1C(=O)O[C@H](C)C(=O)c1ccc(C)c(C)c1. The topological polar surface area (TPSA) is 76.8 Å². The third-order valence-corrected chi connectivity index (χ3v) is 6.16. The number of benzene rings is 1. The molecule has 148 valence electrons. The Morgan fingerprint density at radius 3 is 2.57 bits per heavy atom. The van der Waals surface area contributed by atoms with Crippen LogP contribution in [0, 0.1) is 13.8 Å². The van der Waals surface area contributed by atoms with Crippen LogP contribution >= 0.6 is 11.8 Å². The van der Waals surface area contributed by atoms with Crippen molar-refractivity contribution in [2.45, 2.75) is 45.2 Å². The average molecular weight is 401 g/mol. The molecule has 0 radical (unpaired) electrons. The second kappa shape index (κ2) is 8.22. The monoisotopic (exact) mass is 401 g/mol. The highest BCUT2D eigenvalue weighted by Crippen LogP contribution is 2.41. The van der Waals surface area contributed by atoms with Gasteiger partial charge in [-0.1, -0.05) is 12.1 Å². The van der Waals surface area contributed by atoms with E-state index in [1.165, 1.54) is 29.8 Å². The molecule has 3 atom stereocenters. The summed E-state index contributed by atoms with van der Waals surface area (Å²) in [4.78, 5) is 39.0. The number of carbonyl (C=O) groups excluding carboxylic acids is 3. The number of amides is 1. The Balaban J connectivity index is 1.71. The number of ether oxygens (including phenoxy) is 1. The fourth-order valence-electron chi connectivity index (χ4n) is 3.16. The van der Waals surface area contributed by atoms with Gasteiger partial charge in [-0.05, 0) is 50.1 Å². The van der Waals surface area contributed by atoms with Crippen molar-refractivity contribution in [3.8, 4) is 0 Å². The second-order valence-electron chi connectivity index (χ2n) is 6.89. The van der Waals surface area contributed by atoms with Crippen LogP contribution in [0.3, 0.4) is 0 Å². The molecule has 1 aromatic carbocycles. The molecule has 1 amide bonds. The molecule has 1 saturated heterocycles. The van der Waals surface area contributed by atoms with Gasteiger partial charge >= 0.3 is 5.97 Å². The minimum atomic E-state index is -0.934. The minimum Gasteiger partial charge on any atom is -0.466 e. The second-order valence-corrected chi connectivity index (χ2v) is 8.00. The highest BCUT2D eigenvalue weighted by Gasteiger charge is 2.43. The van der Waals surface area contributed by atoms with E-state index in [2.05, 4.69) is 0 Å². The van der Waals surface area contributed by atoms with Crippen LogP contribution in [0.25, 0.3) is 0 Å². The van der Waals surface area contributed by atoms with E-state index in [4.69, 9.17) is 9.15 Å². The maximum absolute atomic E-state index is 12.7. The van der Waals surface area contributed by atoms with Gasteiger partial charge in [0.2, 0.25) is 11.7 Å². The Hall–Kier alpha value is -2.54. The van der Waals surface area contributed by atoms with Crippen LogP contribution < -0.4 is 0 Å². The Kier molecular flexibility index (Phi) is 5.93. The molecule has 1 aliphatic heterocycles. The fraction of sp³-hybridized carbons (Fsp3) is 0.381. The van der Waals surface area contributed by atoms with Gasteiger partial charge in [-0.25, -0.2) is 4.79 Å². The molecule has 0 unspecified atom stereocenters. The molecular formula is C21H23NO5S. The van der Waals surface area contributed by atoms with Gasteiger partial charge in [0.25, 0.3) is 0 Å². The predicted molar refractivity (Wildman–Crippen MR) is 106 cm³/mol. The first-order valence-corrected chi connectivity index (χ1v) is 10.1. The van der Waals surface area contributed by atoms with Crippen molar-refractivity contribution < 1.29 is 23.5 Å². The molecule has 0 saturated carbocycles. The summed E-state index contributed by atoms with van der Waals surface area (Å²) in [5, 5.41) is -0.379. The molecule has 1 fully saturated rings. The van der Waals surface area contributed by atoms with E-state index in [1.807, 2.05) is 19.9 Å². The number of hydrogen-bond donors (Lipinski definition) is 0. The first kappa shape index (κ1) is 20.2. The first-order valence-electron chi connectivity index (χ1n) is 9.05. The van der Waals surface area contributed by atoms with Crippen LogP contribution in [0.2, 0.25) is 0 Å². The molecular weight excluding hydrogens is 378 g/mol. The molecule has 2 heterocycles. The lowest BCUT2D eigenvalue weighted by Crippen LogP contribution is -2.44. The summed E-state index contributed by atoms with van der Waals surface area (Å²) in [5.74, 6) is -0.106. The standard InChI is InChI=1S/C21H23NO5S/c1-12-7-8-16(10-13(12)2)19(24)14(3)27-21(25)17-11-28-20(22(17)15(4)23)18-6-5-9-26-18/h5-10,14,17,20H,11H2,1-4H3/t14-,17+,20-/m1/s1. The zero-order valence-electron chi connectivity index (χ0n) is 16.3. The maximum Gasteiger partial charge on any atom is 0.330 e. The van der Waals surface area contributed by atoms with Crippen molar-refractivity contribution in [2.75, 3.05) is 5.75 Å². The molecule has 1 aliphatic rings. The van der Waals surface area contributed by atoms with Crippen molar-refractivity contribution in [1.29, 1.82) is 0 Å². The van der Waals surface area contributed by atoms with Crippen molar-refractivity contribution in [1.82, 2.24) is 4.90 Å². The molecule has 1 aromatic heterocycles. The van der Waals surface area contributed by atoms with Crippen LogP contribution in [0.1, 0.15) is 46.5 Å². The number of esters is 1. The first-order chi connectivity index (χ1) is 13.3. The normalized spacial score (nSPS) is 20.1. The molecule has 7 heteroatoms. The average Bonchev–Trinajstić information content (AvgIpc) is 3.32. The summed E-state index contributed by atoms with van der Waals surface area (Å²) in [6.07, 6.45) is 0.598. The number of carbonyl (C=O) groups is 3. The van der Waals surface area contributed by atoms with Crippen molar-refractivity contribution in [3.63, 3.8) is 0 Å². The van der Waals surface area contributed by atoms with Gasteiger partial charge in [0.15, 0.2) is 6.10 Å². The number of Topliss-reactive ketones (excluding diaryl/α,β-unsaturated/α-hetero) is 1. The zero-order valence-corrected chi connectivity index (χ0v) is 17.1. The summed E-state index contributed by atoms with van der Waals surface area (Å²) in [5.41, 5.74) is 2.59. The van der Waals surface area contributed by atoms with E-state index in [-0.39, 0.29) is 17.1 Å². The van der Waals surface area contributed by atoms with Gasteiger partial charge in [-0.2, -0.15) is 0 Å². The molecule has 3 rings (SSSR count). The lowest BCUT2D eigenvalue weighted by atomic mass is 10.0. The van der Waals surface area contributed by atoms with Gasteiger partial charge in [0, 0.05) is 18.2 Å². The van der Waals surface area contributed by atoms with Crippen LogP contribution in [-0.4, -0.2) is 40.5 Å². The molecule has 0 bridgehead atoms. The minimum absolute atomic E-state index is 0.249. The highest BCUT2D eigenvalue weighted by atomic mass is 32.2. The van der Waals surface area contributed by atoms with E-state index < -0.39 is 18.1 Å². The van der Waals surface area contributed by atoms with Crippen LogP contribution in [0.4, 0.5) is 0 Å². The summed E-state index contributed by atoms with van der Waals surface area (Å²) in [7, 11) is 0. The Bertz CT molecular complexity index is 892. The summed E-state index contributed by atoms with van der Waals surface area (Å²) >= 11 is 1.43. The summed E-state index contributed by atoms with van der Waals surface area (Å²) in [6.45, 7) is 6.86. The number of furan rings is 1. The van der Waals surface area contributed by atoms with Gasteiger partial charge in [-0.15, -0.1) is 11.8 Å². The number of aryl methyl sites for hydroxylation is 2. The van der Waals surface area contributed by atoms with E-state index in [0.29, 0.717) is 17.1 Å². The molecule has 0 spiro atoms. The summed E-state index contributed by atoms with van der Waals surface area (Å²) in [6, 6.07) is 8.15. The molecule has 28 heavy (non-hydrogen) atoms. The van der Waals surface area contributed by atoms with Crippen LogP contribution in [0.5, 0.6) is 0 Å².